The lowest BCUT2D eigenvalue weighted by atomic mass is 10.1. The lowest BCUT2D eigenvalue weighted by molar-refractivity contribution is -0.117. The summed E-state index contributed by atoms with van der Waals surface area (Å²) in [6.45, 7) is 3.79. The van der Waals surface area contributed by atoms with Crippen LogP contribution in [0, 0.1) is 13.8 Å². The van der Waals surface area contributed by atoms with Gasteiger partial charge in [0.1, 0.15) is 11.1 Å². The smallest absolute Gasteiger partial charge is 0.235 e. The lowest BCUT2D eigenvalue weighted by Gasteiger charge is -2.12. The molecule has 0 saturated carbocycles. The minimum Gasteiger partial charge on any atom is -0.368 e. The molecule has 1 amide bonds. The molecule has 2 aromatic heterocycles. The van der Waals surface area contributed by atoms with Gasteiger partial charge in [-0.3, -0.25) is 9.20 Å². The molecule has 2 N–H and O–H groups in total. The molecule has 0 fully saturated rings. The topological polar surface area (TPSA) is 86.2 Å². The highest BCUT2D eigenvalue weighted by Crippen LogP contribution is 2.34. The summed E-state index contributed by atoms with van der Waals surface area (Å²) in [6.07, 6.45) is 0. The Morgan fingerprint density at radius 3 is 2.64 bits per heavy atom. The van der Waals surface area contributed by atoms with E-state index < -0.39 is 11.2 Å². The van der Waals surface area contributed by atoms with Gasteiger partial charge in [0, 0.05) is 11.8 Å². The number of nitrogens with two attached hydrogens (primary N) is 1. The highest BCUT2D eigenvalue weighted by molar-refractivity contribution is 8.00. The number of fused-ring (bicyclic) bond motifs is 1. The van der Waals surface area contributed by atoms with Crippen molar-refractivity contribution < 1.29 is 4.79 Å². The minimum atomic E-state index is -0.519. The maximum absolute atomic E-state index is 11.8. The van der Waals surface area contributed by atoms with Crippen LogP contribution in [0.4, 0.5) is 0 Å². The van der Waals surface area contributed by atoms with Crippen molar-refractivity contribution in [3.8, 4) is 0 Å². The third-order valence-electron chi connectivity index (χ3n) is 3.24. The highest BCUT2D eigenvalue weighted by atomic mass is 32.2. The molecule has 0 aliphatic carbocycles. The minimum absolute atomic E-state index is 0.411. The lowest BCUT2D eigenvalue weighted by Crippen LogP contribution is -2.19. The maximum Gasteiger partial charge on any atom is 0.235 e. The average Bonchev–Trinajstić information content (AvgIpc) is 2.88. The van der Waals surface area contributed by atoms with E-state index in [0.29, 0.717) is 10.8 Å². The van der Waals surface area contributed by atoms with Crippen LogP contribution < -0.4 is 5.73 Å². The van der Waals surface area contributed by atoms with Gasteiger partial charge in [0.25, 0.3) is 0 Å². The molecule has 0 aliphatic heterocycles. The van der Waals surface area contributed by atoms with Gasteiger partial charge in [-0.15, -0.1) is 10.2 Å². The first-order valence-corrected chi connectivity index (χ1v) is 7.64. The first-order chi connectivity index (χ1) is 10.6. The molecule has 2 heterocycles. The molecule has 1 unspecified atom stereocenters. The summed E-state index contributed by atoms with van der Waals surface area (Å²) in [6, 6.07) is 11.3. The third-order valence-corrected chi connectivity index (χ3v) is 4.46. The number of amides is 1. The normalized spacial score (nSPS) is 12.5. The molecule has 6 nitrogen and oxygen atoms in total. The van der Waals surface area contributed by atoms with Crippen molar-refractivity contribution in [3.05, 3.63) is 53.5 Å². The van der Waals surface area contributed by atoms with Crippen molar-refractivity contribution in [1.29, 1.82) is 0 Å². The highest BCUT2D eigenvalue weighted by Gasteiger charge is 2.22. The second-order valence-corrected chi connectivity index (χ2v) is 6.00. The first kappa shape index (κ1) is 14.5. The van der Waals surface area contributed by atoms with Crippen molar-refractivity contribution in [1.82, 2.24) is 19.6 Å². The van der Waals surface area contributed by atoms with Crippen molar-refractivity contribution in [2.24, 2.45) is 5.73 Å². The Balaban J connectivity index is 2.03. The van der Waals surface area contributed by atoms with E-state index in [0.717, 1.165) is 17.1 Å². The summed E-state index contributed by atoms with van der Waals surface area (Å²) in [7, 11) is 0. The van der Waals surface area contributed by atoms with E-state index in [1.807, 2.05) is 54.6 Å². The standard InChI is InChI=1S/C15H15N5OS/c1-9-8-12-18-19-15(20(12)10(2)17-9)22-13(14(16)21)11-6-4-3-5-7-11/h3-8,13H,1-2H3,(H2,16,21). The van der Waals surface area contributed by atoms with Crippen LogP contribution in [0.2, 0.25) is 0 Å². The largest absolute Gasteiger partial charge is 0.368 e. The van der Waals surface area contributed by atoms with Gasteiger partial charge < -0.3 is 5.73 Å². The van der Waals surface area contributed by atoms with Crippen LogP contribution in [0.25, 0.3) is 5.65 Å². The first-order valence-electron chi connectivity index (χ1n) is 6.76. The molecule has 0 saturated heterocycles. The number of aryl methyl sites for hydroxylation is 2. The van der Waals surface area contributed by atoms with Gasteiger partial charge in [0.05, 0.1) is 0 Å². The van der Waals surface area contributed by atoms with E-state index in [9.17, 15) is 4.79 Å². The summed E-state index contributed by atoms with van der Waals surface area (Å²) in [4.78, 5) is 16.2. The van der Waals surface area contributed by atoms with Crippen molar-refractivity contribution in [2.75, 3.05) is 0 Å². The number of thioether (sulfide) groups is 1. The zero-order chi connectivity index (χ0) is 15.7. The van der Waals surface area contributed by atoms with Crippen LogP contribution in [0.1, 0.15) is 22.3 Å². The number of aromatic nitrogens is 4. The molecule has 0 bridgehead atoms. The Bertz CT molecular complexity index is 831. The Kier molecular flexibility index (Phi) is 3.81. The summed E-state index contributed by atoms with van der Waals surface area (Å²) in [5.41, 5.74) is 7.99. The molecule has 1 aromatic carbocycles. The molecule has 22 heavy (non-hydrogen) atoms. The van der Waals surface area contributed by atoms with Gasteiger partial charge >= 0.3 is 0 Å². The molecular formula is C15H15N5OS. The van der Waals surface area contributed by atoms with Crippen LogP contribution >= 0.6 is 11.8 Å². The molecule has 3 rings (SSSR count). The molecule has 1 atom stereocenters. The molecule has 7 heteroatoms. The predicted octanol–water partition coefficient (Wildman–Crippen LogP) is 2.06. The summed E-state index contributed by atoms with van der Waals surface area (Å²) in [5, 5.41) is 8.40. The van der Waals surface area contributed by atoms with Gasteiger partial charge in [0.15, 0.2) is 10.8 Å². The second kappa shape index (κ2) is 5.76. The van der Waals surface area contributed by atoms with E-state index in [-0.39, 0.29) is 0 Å². The summed E-state index contributed by atoms with van der Waals surface area (Å²) < 4.78 is 1.83. The number of hydrogen-bond acceptors (Lipinski definition) is 5. The van der Waals surface area contributed by atoms with Gasteiger partial charge in [0.2, 0.25) is 5.91 Å². The van der Waals surface area contributed by atoms with Gasteiger partial charge in [-0.1, -0.05) is 42.1 Å². The zero-order valence-corrected chi connectivity index (χ0v) is 13.0. The predicted molar refractivity (Wildman–Crippen MR) is 84.5 cm³/mol. The number of carbonyl (C=O) groups excluding carboxylic acids is 1. The van der Waals surface area contributed by atoms with Gasteiger partial charge in [-0.05, 0) is 19.4 Å². The molecule has 3 aromatic rings. The fourth-order valence-corrected chi connectivity index (χ4v) is 3.34. The average molecular weight is 313 g/mol. The van der Waals surface area contributed by atoms with Crippen LogP contribution in [-0.4, -0.2) is 25.5 Å². The zero-order valence-electron chi connectivity index (χ0n) is 12.2. The summed E-state index contributed by atoms with van der Waals surface area (Å²) in [5.74, 6) is 0.365. The molecular weight excluding hydrogens is 298 g/mol. The van der Waals surface area contributed by atoms with Crippen LogP contribution in [0.5, 0.6) is 0 Å². The summed E-state index contributed by atoms with van der Waals surface area (Å²) >= 11 is 1.28. The van der Waals surface area contributed by atoms with Gasteiger partial charge in [-0.2, -0.15) is 0 Å². The van der Waals surface area contributed by atoms with E-state index in [2.05, 4.69) is 15.2 Å². The number of hydrogen-bond donors (Lipinski definition) is 1. The van der Waals surface area contributed by atoms with Gasteiger partial charge in [-0.25, -0.2) is 4.98 Å². The quantitative estimate of drug-likeness (QED) is 0.745. The molecule has 0 spiro atoms. The van der Waals surface area contributed by atoms with E-state index in [4.69, 9.17) is 5.73 Å². The van der Waals surface area contributed by atoms with E-state index >= 15 is 0 Å². The van der Waals surface area contributed by atoms with Crippen molar-refractivity contribution in [3.63, 3.8) is 0 Å². The maximum atomic E-state index is 11.8. The fourth-order valence-electron chi connectivity index (χ4n) is 2.30. The number of primary amides is 1. The molecule has 112 valence electrons. The SMILES string of the molecule is Cc1cc2nnc(SC(C(N)=O)c3ccccc3)n2c(C)n1. The second-order valence-electron chi connectivity index (χ2n) is 4.93. The Hall–Kier alpha value is -2.41. The third kappa shape index (κ3) is 2.67. The molecule has 0 radical (unpaired) electrons. The van der Waals surface area contributed by atoms with Crippen LogP contribution in [0.15, 0.2) is 41.6 Å². The van der Waals surface area contributed by atoms with Crippen LogP contribution in [-0.2, 0) is 4.79 Å². The molecule has 0 aliphatic rings. The number of nitrogens with zero attached hydrogens (tertiary/aromatic N) is 4. The fraction of sp³-hybridized carbons (Fsp3) is 0.200. The Morgan fingerprint density at radius 2 is 1.95 bits per heavy atom. The number of benzene rings is 1. The van der Waals surface area contributed by atoms with Crippen molar-refractivity contribution >= 4 is 23.3 Å². The number of carbonyl (C=O) groups is 1. The van der Waals surface area contributed by atoms with E-state index in [1.165, 1.54) is 11.8 Å². The van der Waals surface area contributed by atoms with Crippen LogP contribution in [0.3, 0.4) is 0 Å². The monoisotopic (exact) mass is 313 g/mol. The van der Waals surface area contributed by atoms with Crippen molar-refractivity contribution in [2.45, 2.75) is 24.3 Å². The Morgan fingerprint density at radius 1 is 1.23 bits per heavy atom. The van der Waals surface area contributed by atoms with E-state index in [1.54, 1.807) is 0 Å². The number of rotatable bonds is 4. The Labute approximate surface area is 131 Å².